The Balaban J connectivity index is 1.58. The molecule has 0 spiro atoms. The number of β-amino-alcohol motifs (C(OH)–C–C–N with tert-alkyl or cyclic N) is 1. The molecule has 7 nitrogen and oxygen atoms in total. The third-order valence-corrected chi connectivity index (χ3v) is 5.17. The van der Waals surface area contributed by atoms with Gasteiger partial charge in [-0.1, -0.05) is 11.6 Å². The van der Waals surface area contributed by atoms with Crippen LogP contribution in [0.5, 0.6) is 0 Å². The third kappa shape index (κ3) is 3.68. The van der Waals surface area contributed by atoms with Crippen LogP contribution in [0.3, 0.4) is 0 Å². The quantitative estimate of drug-likeness (QED) is 0.815. The highest BCUT2D eigenvalue weighted by atomic mass is 35.5. The van der Waals surface area contributed by atoms with E-state index in [0.29, 0.717) is 18.1 Å². The molecule has 2 saturated heterocycles. The minimum absolute atomic E-state index is 0.0279. The second-order valence-electron chi connectivity index (χ2n) is 6.53. The van der Waals surface area contributed by atoms with Crippen LogP contribution < -0.4 is 0 Å². The van der Waals surface area contributed by atoms with Crippen molar-refractivity contribution in [1.82, 2.24) is 24.5 Å². The van der Waals surface area contributed by atoms with E-state index in [9.17, 15) is 9.90 Å². The molecule has 1 amide bonds. The summed E-state index contributed by atoms with van der Waals surface area (Å²) in [6.07, 6.45) is 1.18. The predicted molar refractivity (Wildman–Crippen MR) is 87.4 cm³/mol. The lowest BCUT2D eigenvalue weighted by Gasteiger charge is -2.37. The van der Waals surface area contributed by atoms with Gasteiger partial charge in [0, 0.05) is 45.5 Å². The summed E-state index contributed by atoms with van der Waals surface area (Å²) in [7, 11) is 2.11. The molecule has 0 radical (unpaired) electrons. The summed E-state index contributed by atoms with van der Waals surface area (Å²) in [6.45, 7) is 6.83. The number of likely N-dealkylation sites (tertiary alicyclic amines) is 1. The second kappa shape index (κ2) is 6.76. The third-order valence-electron chi connectivity index (χ3n) is 4.80. The monoisotopic (exact) mass is 341 g/mol. The van der Waals surface area contributed by atoms with Gasteiger partial charge in [-0.2, -0.15) is 5.10 Å². The van der Waals surface area contributed by atoms with Gasteiger partial charge in [0.2, 0.25) is 5.91 Å². The van der Waals surface area contributed by atoms with Crippen LogP contribution in [-0.2, 0) is 11.3 Å². The second-order valence-corrected chi connectivity index (χ2v) is 6.94. The van der Waals surface area contributed by atoms with Crippen LogP contribution in [-0.4, -0.2) is 94.0 Å². The van der Waals surface area contributed by atoms with Crippen LogP contribution in [0.2, 0.25) is 5.02 Å². The molecule has 2 aliphatic heterocycles. The van der Waals surface area contributed by atoms with Gasteiger partial charge in [0.25, 0.3) is 0 Å². The lowest BCUT2D eigenvalue weighted by Crippen LogP contribution is -2.52. The first kappa shape index (κ1) is 16.7. The first-order valence-corrected chi connectivity index (χ1v) is 8.40. The van der Waals surface area contributed by atoms with E-state index in [1.165, 1.54) is 0 Å². The molecule has 0 aromatic carbocycles. The number of hydrogen-bond donors (Lipinski definition) is 1. The summed E-state index contributed by atoms with van der Waals surface area (Å²) in [6, 6.07) is 0.0376. The normalized spacial score (nSPS) is 26.9. The number of carbonyl (C=O) groups is 1. The topological polar surface area (TPSA) is 64.8 Å². The molecular weight excluding hydrogens is 318 g/mol. The number of aromatic nitrogens is 2. The van der Waals surface area contributed by atoms with Crippen molar-refractivity contribution in [3.05, 3.63) is 16.9 Å². The van der Waals surface area contributed by atoms with Crippen LogP contribution in [0.25, 0.3) is 0 Å². The van der Waals surface area contributed by atoms with E-state index in [1.54, 1.807) is 15.8 Å². The molecule has 2 fully saturated rings. The first-order chi connectivity index (χ1) is 10.9. The van der Waals surface area contributed by atoms with E-state index in [1.807, 2.05) is 6.92 Å². The minimum atomic E-state index is -0.481. The van der Waals surface area contributed by atoms with Crippen LogP contribution in [0, 0.1) is 6.92 Å². The van der Waals surface area contributed by atoms with E-state index >= 15 is 0 Å². The zero-order valence-electron chi connectivity index (χ0n) is 13.7. The zero-order chi connectivity index (χ0) is 16.6. The first-order valence-electron chi connectivity index (χ1n) is 8.02. The number of piperazine rings is 1. The number of aliphatic hydroxyl groups is 1. The maximum atomic E-state index is 12.4. The van der Waals surface area contributed by atoms with Crippen molar-refractivity contribution in [2.75, 3.05) is 46.3 Å². The number of hydrogen-bond acceptors (Lipinski definition) is 5. The maximum absolute atomic E-state index is 12.4. The summed E-state index contributed by atoms with van der Waals surface area (Å²) in [4.78, 5) is 18.8. The van der Waals surface area contributed by atoms with E-state index in [2.05, 4.69) is 21.9 Å². The van der Waals surface area contributed by atoms with Crippen LogP contribution in [0.4, 0.5) is 0 Å². The Kier molecular flexibility index (Phi) is 4.91. The molecule has 23 heavy (non-hydrogen) atoms. The predicted octanol–water partition coefficient (Wildman–Crippen LogP) is -0.336. The van der Waals surface area contributed by atoms with Gasteiger partial charge in [0.05, 0.1) is 22.9 Å². The van der Waals surface area contributed by atoms with Crippen molar-refractivity contribution in [1.29, 1.82) is 0 Å². The van der Waals surface area contributed by atoms with Gasteiger partial charge in [-0.15, -0.1) is 0 Å². The number of aliphatic hydroxyl groups excluding tert-OH is 1. The standard InChI is InChI=1S/C15H24ClN5O2/c1-11-12(16)7-21(17-11)10-15(23)20-8-13(14(22)9-20)19-5-3-18(2)4-6-19/h7,13-14,22H,3-6,8-10H2,1-2H3/t13-,14-/m0/s1. The molecule has 0 saturated carbocycles. The molecule has 8 heteroatoms. The van der Waals surface area contributed by atoms with Gasteiger partial charge in [0.1, 0.15) is 6.54 Å². The Morgan fingerprint density at radius 1 is 1.35 bits per heavy atom. The Bertz CT molecular complexity index is 551. The van der Waals surface area contributed by atoms with Crippen molar-refractivity contribution in [3.8, 4) is 0 Å². The van der Waals surface area contributed by atoms with Crippen molar-refractivity contribution in [2.45, 2.75) is 25.6 Å². The maximum Gasteiger partial charge on any atom is 0.244 e. The molecule has 3 heterocycles. The zero-order valence-corrected chi connectivity index (χ0v) is 14.4. The molecule has 1 aromatic heterocycles. The number of rotatable bonds is 3. The number of halogens is 1. The molecule has 0 bridgehead atoms. The lowest BCUT2D eigenvalue weighted by atomic mass is 10.1. The molecule has 1 aromatic rings. The average Bonchev–Trinajstić information content (AvgIpc) is 3.03. The van der Waals surface area contributed by atoms with Crippen molar-refractivity contribution in [3.63, 3.8) is 0 Å². The molecule has 0 aliphatic carbocycles. The number of aryl methyl sites for hydroxylation is 1. The summed E-state index contributed by atoms with van der Waals surface area (Å²) in [5.74, 6) is -0.0279. The summed E-state index contributed by atoms with van der Waals surface area (Å²) in [5, 5.41) is 15.1. The largest absolute Gasteiger partial charge is 0.390 e. The van der Waals surface area contributed by atoms with Crippen molar-refractivity contribution < 1.29 is 9.90 Å². The van der Waals surface area contributed by atoms with Crippen LogP contribution in [0.15, 0.2) is 6.20 Å². The smallest absolute Gasteiger partial charge is 0.244 e. The number of likely N-dealkylation sites (N-methyl/N-ethyl adjacent to an activating group) is 1. The SMILES string of the molecule is Cc1nn(CC(=O)N2C[C@H](O)[C@@H](N3CCN(C)CC3)C2)cc1Cl. The van der Waals surface area contributed by atoms with E-state index in [-0.39, 0.29) is 18.5 Å². The average molecular weight is 342 g/mol. The Labute approximate surface area is 141 Å². The van der Waals surface area contributed by atoms with Crippen LogP contribution >= 0.6 is 11.6 Å². The van der Waals surface area contributed by atoms with Gasteiger partial charge >= 0.3 is 0 Å². The highest BCUT2D eigenvalue weighted by molar-refractivity contribution is 6.31. The fraction of sp³-hybridized carbons (Fsp3) is 0.733. The fourth-order valence-electron chi connectivity index (χ4n) is 3.30. The summed E-state index contributed by atoms with van der Waals surface area (Å²) < 4.78 is 1.57. The number of carbonyl (C=O) groups excluding carboxylic acids is 1. The van der Waals surface area contributed by atoms with E-state index in [4.69, 9.17) is 11.6 Å². The van der Waals surface area contributed by atoms with Gasteiger partial charge < -0.3 is 14.9 Å². The van der Waals surface area contributed by atoms with Gasteiger partial charge in [-0.25, -0.2) is 0 Å². The molecular formula is C15H24ClN5O2. The van der Waals surface area contributed by atoms with E-state index < -0.39 is 6.10 Å². The minimum Gasteiger partial charge on any atom is -0.390 e. The van der Waals surface area contributed by atoms with Crippen molar-refractivity contribution >= 4 is 17.5 Å². The molecule has 1 N–H and O–H groups in total. The Morgan fingerprint density at radius 2 is 2.04 bits per heavy atom. The summed E-state index contributed by atoms with van der Waals surface area (Å²) in [5.41, 5.74) is 0.719. The molecule has 2 atom stereocenters. The Hall–Kier alpha value is -1.15. The Morgan fingerprint density at radius 3 is 2.65 bits per heavy atom. The number of amides is 1. The van der Waals surface area contributed by atoms with Crippen molar-refractivity contribution in [2.24, 2.45) is 0 Å². The molecule has 0 unspecified atom stereocenters. The lowest BCUT2D eigenvalue weighted by molar-refractivity contribution is -0.131. The van der Waals surface area contributed by atoms with Gasteiger partial charge in [0.15, 0.2) is 0 Å². The highest BCUT2D eigenvalue weighted by Gasteiger charge is 2.38. The van der Waals surface area contributed by atoms with Gasteiger partial charge in [-0.05, 0) is 14.0 Å². The molecule has 3 rings (SSSR count). The molecule has 2 aliphatic rings. The summed E-state index contributed by atoms with van der Waals surface area (Å²) >= 11 is 5.97. The van der Waals surface area contributed by atoms with Crippen LogP contribution in [0.1, 0.15) is 5.69 Å². The fourth-order valence-corrected chi connectivity index (χ4v) is 3.45. The number of nitrogens with zero attached hydrogens (tertiary/aromatic N) is 5. The highest BCUT2D eigenvalue weighted by Crippen LogP contribution is 2.19. The van der Waals surface area contributed by atoms with Gasteiger partial charge in [-0.3, -0.25) is 14.4 Å². The molecule has 128 valence electrons. The van der Waals surface area contributed by atoms with E-state index in [0.717, 1.165) is 31.9 Å².